The average molecular weight is 344 g/mol. The number of phenols is 3. The van der Waals surface area contributed by atoms with Crippen molar-refractivity contribution in [2.24, 2.45) is 0 Å². The molecule has 6 heteroatoms. The first-order valence-electron chi connectivity index (χ1n) is 8.13. The molecule has 2 aliphatic rings. The summed E-state index contributed by atoms with van der Waals surface area (Å²) < 4.78 is 18.3. The molecule has 0 aliphatic carbocycles. The maximum Gasteiger partial charge on any atom is 0.164 e. The first kappa shape index (κ1) is 16.1. The van der Waals surface area contributed by atoms with E-state index in [-0.39, 0.29) is 30.0 Å². The Morgan fingerprint density at radius 3 is 2.60 bits per heavy atom. The van der Waals surface area contributed by atoms with Gasteiger partial charge in [0.25, 0.3) is 0 Å². The maximum absolute atomic E-state index is 9.78. The number of aromatic hydroxyl groups is 3. The summed E-state index contributed by atoms with van der Waals surface area (Å²) in [5.74, 6) is -0.427. The summed E-state index contributed by atoms with van der Waals surface area (Å²) in [6, 6.07) is 9.65. The molecule has 1 saturated heterocycles. The van der Waals surface area contributed by atoms with Gasteiger partial charge < -0.3 is 29.5 Å². The van der Waals surface area contributed by atoms with E-state index in [1.54, 1.807) is 24.3 Å². The van der Waals surface area contributed by atoms with E-state index in [0.717, 1.165) is 11.1 Å². The molecule has 2 atom stereocenters. The lowest BCUT2D eigenvalue weighted by Gasteiger charge is -2.37. The van der Waals surface area contributed by atoms with Gasteiger partial charge in [0.05, 0.1) is 0 Å². The van der Waals surface area contributed by atoms with E-state index in [1.165, 1.54) is 12.1 Å². The Morgan fingerprint density at radius 1 is 1.04 bits per heavy atom. The Labute approximate surface area is 145 Å². The standard InChI is InChI=1S/C19H20O6/c1-18(2)24-17-13-5-4-12(20)8-16(13)23-10-19(17,25-18)9-11-3-6-14(21)15(22)7-11/h3-8,17,20-22H,9-10H2,1-2H3/t17-,19-/m1/s1. The van der Waals surface area contributed by atoms with Gasteiger partial charge in [-0.05, 0) is 43.7 Å². The van der Waals surface area contributed by atoms with Gasteiger partial charge in [-0.3, -0.25) is 0 Å². The summed E-state index contributed by atoms with van der Waals surface area (Å²) in [6.45, 7) is 3.95. The van der Waals surface area contributed by atoms with Crippen LogP contribution >= 0.6 is 0 Å². The van der Waals surface area contributed by atoms with Crippen LogP contribution in [0.2, 0.25) is 0 Å². The number of benzene rings is 2. The molecule has 2 heterocycles. The Bertz CT molecular complexity index is 831. The zero-order chi connectivity index (χ0) is 17.8. The maximum atomic E-state index is 9.78. The van der Waals surface area contributed by atoms with Crippen LogP contribution in [0.25, 0.3) is 0 Å². The van der Waals surface area contributed by atoms with Gasteiger partial charge >= 0.3 is 0 Å². The van der Waals surface area contributed by atoms with Crippen LogP contribution in [0.3, 0.4) is 0 Å². The van der Waals surface area contributed by atoms with Gasteiger partial charge in [-0.25, -0.2) is 0 Å². The first-order valence-corrected chi connectivity index (χ1v) is 8.13. The molecule has 0 unspecified atom stereocenters. The molecule has 2 aromatic carbocycles. The second kappa shape index (κ2) is 5.28. The van der Waals surface area contributed by atoms with Crippen LogP contribution in [0.1, 0.15) is 31.1 Å². The van der Waals surface area contributed by atoms with Crippen LogP contribution in [0.5, 0.6) is 23.0 Å². The van der Waals surface area contributed by atoms with Gasteiger partial charge in [-0.15, -0.1) is 0 Å². The third-order valence-electron chi connectivity index (χ3n) is 4.62. The van der Waals surface area contributed by atoms with Crippen molar-refractivity contribution in [3.8, 4) is 23.0 Å². The first-order chi connectivity index (χ1) is 11.8. The Balaban J connectivity index is 1.75. The van der Waals surface area contributed by atoms with Crippen LogP contribution in [-0.2, 0) is 15.9 Å². The number of rotatable bonds is 2. The fourth-order valence-corrected chi connectivity index (χ4v) is 3.68. The summed E-state index contributed by atoms with van der Waals surface area (Å²) in [5, 5.41) is 29.0. The van der Waals surface area contributed by atoms with Gasteiger partial charge in [0.2, 0.25) is 0 Å². The van der Waals surface area contributed by atoms with Crippen molar-refractivity contribution in [1.29, 1.82) is 0 Å². The average Bonchev–Trinajstić information content (AvgIpc) is 2.81. The highest BCUT2D eigenvalue weighted by molar-refractivity contribution is 5.46. The number of phenolic OH excluding ortho intramolecular Hbond substituents is 3. The molecule has 132 valence electrons. The number of hydrogen-bond acceptors (Lipinski definition) is 6. The van der Waals surface area contributed by atoms with Crippen LogP contribution in [-0.4, -0.2) is 33.3 Å². The summed E-state index contributed by atoms with van der Waals surface area (Å²) in [4.78, 5) is 0. The van der Waals surface area contributed by atoms with Crippen LogP contribution in [0.4, 0.5) is 0 Å². The molecule has 1 fully saturated rings. The third kappa shape index (κ3) is 2.67. The number of hydrogen-bond donors (Lipinski definition) is 3. The van der Waals surface area contributed by atoms with E-state index in [1.807, 2.05) is 13.8 Å². The molecule has 2 aromatic rings. The van der Waals surface area contributed by atoms with Crippen molar-refractivity contribution in [1.82, 2.24) is 0 Å². The Hall–Kier alpha value is -2.44. The van der Waals surface area contributed by atoms with E-state index in [2.05, 4.69) is 0 Å². The molecule has 0 aromatic heterocycles. The highest BCUT2D eigenvalue weighted by Crippen LogP contribution is 2.53. The minimum atomic E-state index is -0.799. The van der Waals surface area contributed by atoms with E-state index in [0.29, 0.717) is 12.2 Å². The molecule has 3 N–H and O–H groups in total. The van der Waals surface area contributed by atoms with Crippen LogP contribution in [0.15, 0.2) is 36.4 Å². The molecule has 2 aliphatic heterocycles. The van der Waals surface area contributed by atoms with Crippen molar-refractivity contribution in [2.45, 2.75) is 37.8 Å². The van der Waals surface area contributed by atoms with Gasteiger partial charge in [-0.1, -0.05) is 6.07 Å². The topological polar surface area (TPSA) is 88.4 Å². The number of fused-ring (bicyclic) bond motifs is 3. The molecule has 0 saturated carbocycles. The smallest absolute Gasteiger partial charge is 0.164 e. The highest BCUT2D eigenvalue weighted by Gasteiger charge is 2.57. The van der Waals surface area contributed by atoms with E-state index in [4.69, 9.17) is 14.2 Å². The minimum absolute atomic E-state index is 0.132. The zero-order valence-electron chi connectivity index (χ0n) is 14.0. The third-order valence-corrected chi connectivity index (χ3v) is 4.62. The van der Waals surface area contributed by atoms with Gasteiger partial charge in [0, 0.05) is 18.1 Å². The largest absolute Gasteiger partial charge is 0.508 e. The molecule has 0 amide bonds. The van der Waals surface area contributed by atoms with Gasteiger partial charge in [0.1, 0.15) is 29.8 Å². The minimum Gasteiger partial charge on any atom is -0.508 e. The predicted molar refractivity (Wildman–Crippen MR) is 88.8 cm³/mol. The lowest BCUT2D eigenvalue weighted by atomic mass is 9.84. The summed E-state index contributed by atoms with van der Waals surface area (Å²) in [5.41, 5.74) is 0.849. The second-order valence-electron chi connectivity index (χ2n) is 7.08. The van der Waals surface area contributed by atoms with Gasteiger partial charge in [-0.2, -0.15) is 0 Å². The lowest BCUT2D eigenvalue weighted by Crippen LogP contribution is -2.46. The highest BCUT2D eigenvalue weighted by atomic mass is 16.8. The predicted octanol–water partition coefficient (Wildman–Crippen LogP) is 3.00. The molecular weight excluding hydrogens is 324 g/mol. The van der Waals surface area contributed by atoms with Crippen LogP contribution in [0, 0.1) is 0 Å². The fourth-order valence-electron chi connectivity index (χ4n) is 3.68. The summed E-state index contributed by atoms with van der Waals surface area (Å²) in [6.07, 6.45) is 0.0673. The van der Waals surface area contributed by atoms with Crippen molar-refractivity contribution in [2.75, 3.05) is 6.61 Å². The molecule has 0 bridgehead atoms. The van der Waals surface area contributed by atoms with E-state index in [9.17, 15) is 15.3 Å². The summed E-state index contributed by atoms with van der Waals surface area (Å²) >= 11 is 0. The molecule has 0 spiro atoms. The van der Waals surface area contributed by atoms with E-state index < -0.39 is 11.4 Å². The van der Waals surface area contributed by atoms with Crippen molar-refractivity contribution in [3.63, 3.8) is 0 Å². The molecular formula is C19H20O6. The quantitative estimate of drug-likeness (QED) is 0.726. The molecule has 6 nitrogen and oxygen atoms in total. The molecule has 0 radical (unpaired) electrons. The van der Waals surface area contributed by atoms with Gasteiger partial charge in [0.15, 0.2) is 17.3 Å². The van der Waals surface area contributed by atoms with Crippen LogP contribution < -0.4 is 4.74 Å². The second-order valence-corrected chi connectivity index (χ2v) is 7.08. The lowest BCUT2D eigenvalue weighted by molar-refractivity contribution is -0.167. The SMILES string of the molecule is CC1(C)O[C@@H]2c3ccc(O)cc3OC[C@@]2(Cc2ccc(O)c(O)c2)O1. The molecule has 25 heavy (non-hydrogen) atoms. The van der Waals surface area contributed by atoms with E-state index >= 15 is 0 Å². The normalized spacial score (nSPS) is 26.6. The fraction of sp³-hybridized carbons (Fsp3) is 0.368. The Morgan fingerprint density at radius 2 is 1.84 bits per heavy atom. The van der Waals surface area contributed by atoms with Crippen molar-refractivity contribution in [3.05, 3.63) is 47.5 Å². The molecule has 4 rings (SSSR count). The Kier molecular flexibility index (Phi) is 3.39. The monoisotopic (exact) mass is 344 g/mol. The number of ether oxygens (including phenoxy) is 3. The zero-order valence-corrected chi connectivity index (χ0v) is 14.0. The van der Waals surface area contributed by atoms with Crippen molar-refractivity contribution < 1.29 is 29.5 Å². The summed E-state index contributed by atoms with van der Waals surface area (Å²) in [7, 11) is 0. The van der Waals surface area contributed by atoms with Crippen molar-refractivity contribution >= 4 is 0 Å².